The first-order chi connectivity index (χ1) is 6.75. The van der Waals surface area contributed by atoms with E-state index in [1.54, 1.807) is 0 Å². The quantitative estimate of drug-likeness (QED) is 0.502. The summed E-state index contributed by atoms with van der Waals surface area (Å²) in [6.07, 6.45) is 9.19. The Kier molecular flexibility index (Phi) is 5.88. The molecule has 1 fully saturated rings. The Bertz CT molecular complexity index is 149. The Morgan fingerprint density at radius 1 is 1.21 bits per heavy atom. The minimum absolute atomic E-state index is 0.398. The molecule has 0 amide bonds. The van der Waals surface area contributed by atoms with Gasteiger partial charge in [0.2, 0.25) is 0 Å². The molecule has 0 N–H and O–H groups in total. The SMILES string of the molecule is CCCCCN(C)C1CCCCC1Cl. The first-order valence-electron chi connectivity index (χ1n) is 6.10. The van der Waals surface area contributed by atoms with Gasteiger partial charge in [0.1, 0.15) is 0 Å². The molecule has 14 heavy (non-hydrogen) atoms. The molecule has 1 aliphatic carbocycles. The summed E-state index contributed by atoms with van der Waals surface area (Å²) in [5.74, 6) is 0. The van der Waals surface area contributed by atoms with Gasteiger partial charge < -0.3 is 4.90 Å². The fourth-order valence-electron chi connectivity index (χ4n) is 2.34. The monoisotopic (exact) mass is 217 g/mol. The summed E-state index contributed by atoms with van der Waals surface area (Å²) in [7, 11) is 2.24. The van der Waals surface area contributed by atoms with Gasteiger partial charge in [-0.3, -0.25) is 0 Å². The van der Waals surface area contributed by atoms with E-state index in [9.17, 15) is 0 Å². The van der Waals surface area contributed by atoms with Crippen LogP contribution in [0.5, 0.6) is 0 Å². The fourth-order valence-corrected chi connectivity index (χ4v) is 2.81. The van der Waals surface area contributed by atoms with Crippen LogP contribution in [0.2, 0.25) is 0 Å². The van der Waals surface area contributed by atoms with Gasteiger partial charge in [-0.2, -0.15) is 0 Å². The Morgan fingerprint density at radius 2 is 1.93 bits per heavy atom. The molecule has 0 aromatic carbocycles. The normalized spacial score (nSPS) is 28.3. The Labute approximate surface area is 93.8 Å². The number of halogens is 1. The van der Waals surface area contributed by atoms with Crippen LogP contribution in [-0.4, -0.2) is 29.9 Å². The molecule has 84 valence electrons. The predicted octanol–water partition coefficient (Wildman–Crippen LogP) is 3.66. The lowest BCUT2D eigenvalue weighted by Crippen LogP contribution is -2.41. The highest BCUT2D eigenvalue weighted by molar-refractivity contribution is 6.21. The summed E-state index contributed by atoms with van der Waals surface area (Å²) in [5, 5.41) is 0.398. The molecule has 1 nitrogen and oxygen atoms in total. The highest BCUT2D eigenvalue weighted by atomic mass is 35.5. The van der Waals surface area contributed by atoms with Crippen LogP contribution in [0.15, 0.2) is 0 Å². The molecule has 1 rings (SSSR count). The van der Waals surface area contributed by atoms with E-state index in [1.165, 1.54) is 51.5 Å². The van der Waals surface area contributed by atoms with Gasteiger partial charge in [-0.1, -0.05) is 32.6 Å². The second-order valence-electron chi connectivity index (χ2n) is 4.56. The fraction of sp³-hybridized carbons (Fsp3) is 1.00. The zero-order chi connectivity index (χ0) is 10.4. The molecule has 0 saturated heterocycles. The summed E-state index contributed by atoms with van der Waals surface area (Å²) in [4.78, 5) is 2.48. The van der Waals surface area contributed by atoms with E-state index in [1.807, 2.05) is 0 Å². The summed E-state index contributed by atoms with van der Waals surface area (Å²) < 4.78 is 0. The molecule has 2 atom stereocenters. The summed E-state index contributed by atoms with van der Waals surface area (Å²) in [5.41, 5.74) is 0. The summed E-state index contributed by atoms with van der Waals surface area (Å²) in [6, 6.07) is 0.641. The Morgan fingerprint density at radius 3 is 2.57 bits per heavy atom. The van der Waals surface area contributed by atoms with Gasteiger partial charge in [0.15, 0.2) is 0 Å². The zero-order valence-corrected chi connectivity index (χ0v) is 10.4. The lowest BCUT2D eigenvalue weighted by molar-refractivity contribution is 0.192. The topological polar surface area (TPSA) is 3.24 Å². The number of hydrogen-bond acceptors (Lipinski definition) is 1. The molecule has 0 bridgehead atoms. The van der Waals surface area contributed by atoms with E-state index in [4.69, 9.17) is 11.6 Å². The molecule has 2 heteroatoms. The number of alkyl halides is 1. The van der Waals surface area contributed by atoms with Crippen molar-refractivity contribution < 1.29 is 0 Å². The molecule has 2 unspecified atom stereocenters. The minimum Gasteiger partial charge on any atom is -0.302 e. The van der Waals surface area contributed by atoms with Crippen LogP contribution in [0.3, 0.4) is 0 Å². The van der Waals surface area contributed by atoms with Gasteiger partial charge in [0.05, 0.1) is 0 Å². The van der Waals surface area contributed by atoms with E-state index in [-0.39, 0.29) is 0 Å². The number of hydrogen-bond donors (Lipinski definition) is 0. The van der Waals surface area contributed by atoms with Gasteiger partial charge in [-0.05, 0) is 32.9 Å². The molecule has 1 aliphatic rings. The molecule has 0 aromatic heterocycles. The molecular formula is C12H24ClN. The third-order valence-electron chi connectivity index (χ3n) is 3.33. The lowest BCUT2D eigenvalue weighted by atomic mass is 9.94. The van der Waals surface area contributed by atoms with Crippen LogP contribution < -0.4 is 0 Å². The van der Waals surface area contributed by atoms with Crippen LogP contribution in [0.4, 0.5) is 0 Å². The van der Waals surface area contributed by atoms with Crippen LogP contribution in [0.25, 0.3) is 0 Å². The van der Waals surface area contributed by atoms with Gasteiger partial charge in [-0.15, -0.1) is 11.6 Å². The summed E-state index contributed by atoms with van der Waals surface area (Å²) >= 11 is 6.35. The van der Waals surface area contributed by atoms with Crippen molar-refractivity contribution in [3.63, 3.8) is 0 Å². The molecule has 0 heterocycles. The van der Waals surface area contributed by atoms with Crippen molar-refractivity contribution >= 4 is 11.6 Å². The maximum absolute atomic E-state index is 6.35. The van der Waals surface area contributed by atoms with E-state index in [0.29, 0.717) is 11.4 Å². The van der Waals surface area contributed by atoms with Gasteiger partial charge >= 0.3 is 0 Å². The molecule has 1 saturated carbocycles. The highest BCUT2D eigenvalue weighted by Crippen LogP contribution is 2.26. The average Bonchev–Trinajstić information content (AvgIpc) is 2.18. The number of nitrogens with zero attached hydrogens (tertiary/aromatic N) is 1. The second kappa shape index (κ2) is 6.68. The van der Waals surface area contributed by atoms with E-state index >= 15 is 0 Å². The third-order valence-corrected chi connectivity index (χ3v) is 3.84. The second-order valence-corrected chi connectivity index (χ2v) is 5.12. The van der Waals surface area contributed by atoms with Crippen LogP contribution >= 0.6 is 11.6 Å². The van der Waals surface area contributed by atoms with Crippen LogP contribution in [-0.2, 0) is 0 Å². The smallest absolute Gasteiger partial charge is 0.0491 e. The van der Waals surface area contributed by atoms with Gasteiger partial charge in [-0.25, -0.2) is 0 Å². The van der Waals surface area contributed by atoms with E-state index in [0.717, 1.165) is 0 Å². The van der Waals surface area contributed by atoms with Crippen LogP contribution in [0.1, 0.15) is 51.9 Å². The summed E-state index contributed by atoms with van der Waals surface area (Å²) in [6.45, 7) is 3.48. The van der Waals surface area contributed by atoms with Crippen molar-refractivity contribution in [2.45, 2.75) is 63.3 Å². The van der Waals surface area contributed by atoms with Crippen molar-refractivity contribution in [2.75, 3.05) is 13.6 Å². The lowest BCUT2D eigenvalue weighted by Gasteiger charge is -2.34. The van der Waals surface area contributed by atoms with Crippen molar-refractivity contribution in [2.24, 2.45) is 0 Å². The van der Waals surface area contributed by atoms with Gasteiger partial charge in [0, 0.05) is 11.4 Å². The van der Waals surface area contributed by atoms with Gasteiger partial charge in [0.25, 0.3) is 0 Å². The average molecular weight is 218 g/mol. The molecule has 0 aliphatic heterocycles. The Balaban J connectivity index is 2.23. The van der Waals surface area contributed by atoms with Crippen molar-refractivity contribution in [1.29, 1.82) is 0 Å². The highest BCUT2D eigenvalue weighted by Gasteiger charge is 2.25. The molecule has 0 radical (unpaired) electrons. The number of unbranched alkanes of at least 4 members (excludes halogenated alkanes) is 2. The molecule has 0 aromatic rings. The standard InChI is InChI=1S/C12H24ClN/c1-3-4-7-10-14(2)12-9-6-5-8-11(12)13/h11-12H,3-10H2,1-2H3. The molecule has 0 spiro atoms. The molecular weight excluding hydrogens is 194 g/mol. The predicted molar refractivity (Wildman–Crippen MR) is 64.1 cm³/mol. The van der Waals surface area contributed by atoms with Crippen molar-refractivity contribution in [3.8, 4) is 0 Å². The Hall–Kier alpha value is 0.250. The van der Waals surface area contributed by atoms with Crippen molar-refractivity contribution in [3.05, 3.63) is 0 Å². The van der Waals surface area contributed by atoms with E-state index in [2.05, 4.69) is 18.9 Å². The van der Waals surface area contributed by atoms with Crippen LogP contribution in [0, 0.1) is 0 Å². The largest absolute Gasteiger partial charge is 0.302 e. The van der Waals surface area contributed by atoms with Crippen molar-refractivity contribution in [1.82, 2.24) is 4.90 Å². The van der Waals surface area contributed by atoms with E-state index < -0.39 is 0 Å². The minimum atomic E-state index is 0.398. The first-order valence-corrected chi connectivity index (χ1v) is 6.53. The maximum Gasteiger partial charge on any atom is 0.0491 e. The first kappa shape index (κ1) is 12.3. The third kappa shape index (κ3) is 3.78. The zero-order valence-electron chi connectivity index (χ0n) is 9.64. The number of rotatable bonds is 5. The maximum atomic E-state index is 6.35.